The quantitative estimate of drug-likeness (QED) is 0.694. The number of carbonyl (C=O) groups is 1. The van der Waals surface area contributed by atoms with Gasteiger partial charge in [0.25, 0.3) is 5.91 Å². The molecule has 0 saturated heterocycles. The van der Waals surface area contributed by atoms with Crippen LogP contribution in [0.4, 0.5) is 8.78 Å². The van der Waals surface area contributed by atoms with Crippen molar-refractivity contribution >= 4 is 11.6 Å². The first-order chi connectivity index (χ1) is 13.2. The van der Waals surface area contributed by atoms with Gasteiger partial charge in [-0.05, 0) is 43.5 Å². The van der Waals surface area contributed by atoms with Crippen LogP contribution in [0.1, 0.15) is 35.6 Å². The van der Waals surface area contributed by atoms with Crippen molar-refractivity contribution in [3.8, 4) is 5.75 Å². The predicted octanol–water partition coefficient (Wildman–Crippen LogP) is 4.09. The van der Waals surface area contributed by atoms with E-state index in [-0.39, 0.29) is 23.5 Å². The van der Waals surface area contributed by atoms with Crippen molar-refractivity contribution in [2.24, 2.45) is 5.41 Å². The van der Waals surface area contributed by atoms with E-state index in [2.05, 4.69) is 17.2 Å². The molecule has 0 bridgehead atoms. The summed E-state index contributed by atoms with van der Waals surface area (Å²) in [6.07, 6.45) is 1.69. The number of nitrogens with zero attached hydrogens (tertiary/aromatic N) is 2. The fraction of sp³-hybridized carbons (Fsp3) is 0.286. The lowest BCUT2D eigenvalue weighted by molar-refractivity contribution is 0.0936. The molecule has 2 aromatic heterocycles. The summed E-state index contributed by atoms with van der Waals surface area (Å²) in [7, 11) is 0. The highest BCUT2D eigenvalue weighted by atomic mass is 19.1. The second-order valence-electron chi connectivity index (χ2n) is 7.45. The van der Waals surface area contributed by atoms with Crippen molar-refractivity contribution in [1.82, 2.24) is 14.7 Å². The fourth-order valence-electron chi connectivity index (χ4n) is 2.77. The molecule has 28 heavy (non-hydrogen) atoms. The number of pyridine rings is 1. The number of aromatic nitrogens is 2. The minimum Gasteiger partial charge on any atom is -0.485 e. The van der Waals surface area contributed by atoms with Gasteiger partial charge in [0.05, 0.1) is 11.3 Å². The highest BCUT2D eigenvalue weighted by Gasteiger charge is 2.21. The molecule has 3 rings (SSSR count). The molecule has 1 aromatic carbocycles. The van der Waals surface area contributed by atoms with E-state index in [0.717, 1.165) is 0 Å². The number of aryl methyl sites for hydroxylation is 1. The first-order valence-corrected chi connectivity index (χ1v) is 8.84. The van der Waals surface area contributed by atoms with Crippen LogP contribution < -0.4 is 10.1 Å². The van der Waals surface area contributed by atoms with Crippen molar-refractivity contribution in [2.45, 2.75) is 27.4 Å². The maximum atomic E-state index is 13.8. The number of nitrogens with one attached hydrogen (secondary N) is 1. The smallest absolute Gasteiger partial charge is 0.270 e. The maximum absolute atomic E-state index is 13.8. The molecular formula is C21H22F2N3O2. The zero-order valence-electron chi connectivity index (χ0n) is 16.1. The Labute approximate surface area is 162 Å². The average molecular weight is 386 g/mol. The average Bonchev–Trinajstić information content (AvgIpc) is 2.95. The number of carbonyl (C=O) groups excluding carboxylic acids is 1. The van der Waals surface area contributed by atoms with E-state index in [4.69, 9.17) is 4.74 Å². The Balaban J connectivity index is 1.89. The maximum Gasteiger partial charge on any atom is 0.270 e. The van der Waals surface area contributed by atoms with Gasteiger partial charge in [-0.2, -0.15) is 0 Å². The number of benzene rings is 1. The first kappa shape index (κ1) is 19.8. The van der Waals surface area contributed by atoms with Crippen LogP contribution in [0.3, 0.4) is 0 Å². The van der Waals surface area contributed by atoms with Gasteiger partial charge in [0.15, 0.2) is 11.4 Å². The normalized spacial score (nSPS) is 11.6. The molecule has 147 valence electrons. The Morgan fingerprint density at radius 1 is 1.25 bits per heavy atom. The first-order valence-electron chi connectivity index (χ1n) is 8.84. The third-order valence-electron chi connectivity index (χ3n) is 4.16. The van der Waals surface area contributed by atoms with Gasteiger partial charge in [-0.25, -0.2) is 13.8 Å². The number of fused-ring (bicyclic) bond motifs is 1. The molecule has 5 nitrogen and oxygen atoms in total. The summed E-state index contributed by atoms with van der Waals surface area (Å²) >= 11 is 0. The highest BCUT2D eigenvalue weighted by molar-refractivity contribution is 5.95. The molecular weight excluding hydrogens is 364 g/mol. The van der Waals surface area contributed by atoms with Gasteiger partial charge in [0.1, 0.15) is 23.9 Å². The molecule has 0 aliphatic rings. The van der Waals surface area contributed by atoms with Crippen molar-refractivity contribution in [1.29, 1.82) is 0 Å². The van der Waals surface area contributed by atoms with E-state index in [1.807, 2.05) is 13.8 Å². The molecule has 0 unspecified atom stereocenters. The molecule has 7 heteroatoms. The Bertz CT molecular complexity index is 1000. The van der Waals surface area contributed by atoms with Crippen molar-refractivity contribution < 1.29 is 18.3 Å². The summed E-state index contributed by atoms with van der Waals surface area (Å²) in [6.45, 7) is 9.64. The lowest BCUT2D eigenvalue weighted by Gasteiger charge is -2.18. The number of amides is 1. The topological polar surface area (TPSA) is 55.6 Å². The monoisotopic (exact) mass is 386 g/mol. The third kappa shape index (κ3) is 4.13. The van der Waals surface area contributed by atoms with Gasteiger partial charge in [-0.1, -0.05) is 19.9 Å². The minimum atomic E-state index is -0.678. The summed E-state index contributed by atoms with van der Waals surface area (Å²) in [5.74, 6) is -1.31. The highest BCUT2D eigenvalue weighted by Crippen LogP contribution is 2.24. The van der Waals surface area contributed by atoms with Gasteiger partial charge in [0, 0.05) is 12.7 Å². The van der Waals surface area contributed by atoms with Crippen molar-refractivity contribution in [2.75, 3.05) is 6.54 Å². The standard InChI is InChI=1S/C21H22F2N3O2/c1-13-18(20(27)24-12-21(2,3)4)26-10-6-9-17(19(26)25-13)28-11-14-15(22)7-5-8-16(14)23/h5-10H,2,11-12H2,1,3-4H3,(H,24,27). The van der Waals surface area contributed by atoms with E-state index >= 15 is 0 Å². The van der Waals surface area contributed by atoms with Crippen LogP contribution >= 0.6 is 0 Å². The third-order valence-corrected chi connectivity index (χ3v) is 4.16. The minimum absolute atomic E-state index is 0.163. The molecule has 2 heterocycles. The molecule has 0 aliphatic carbocycles. The molecule has 1 amide bonds. The number of hydrogen-bond donors (Lipinski definition) is 1. The van der Waals surface area contributed by atoms with E-state index in [1.165, 1.54) is 18.2 Å². The predicted molar refractivity (Wildman–Crippen MR) is 102 cm³/mol. The molecule has 0 fully saturated rings. The van der Waals surface area contributed by atoms with Crippen LogP contribution in [0, 0.1) is 30.9 Å². The Morgan fingerprint density at radius 2 is 1.93 bits per heavy atom. The number of imidazole rings is 1. The van der Waals surface area contributed by atoms with Crippen LogP contribution in [-0.2, 0) is 6.61 Å². The van der Waals surface area contributed by atoms with Gasteiger partial charge in [-0.15, -0.1) is 0 Å². The summed E-state index contributed by atoms with van der Waals surface area (Å²) < 4.78 is 34.9. The summed E-state index contributed by atoms with van der Waals surface area (Å²) in [4.78, 5) is 17.0. The molecule has 0 atom stereocenters. The number of ether oxygens (including phenoxy) is 1. The van der Waals surface area contributed by atoms with Crippen LogP contribution in [0.5, 0.6) is 5.75 Å². The second-order valence-corrected chi connectivity index (χ2v) is 7.45. The molecule has 0 aliphatic heterocycles. The zero-order chi connectivity index (χ0) is 20.5. The fourth-order valence-corrected chi connectivity index (χ4v) is 2.77. The van der Waals surface area contributed by atoms with E-state index in [0.29, 0.717) is 29.3 Å². The van der Waals surface area contributed by atoms with E-state index < -0.39 is 11.6 Å². The summed E-state index contributed by atoms with van der Waals surface area (Å²) in [5.41, 5.74) is 0.829. The lowest BCUT2D eigenvalue weighted by Crippen LogP contribution is -2.33. The van der Waals surface area contributed by atoms with Gasteiger partial charge < -0.3 is 10.1 Å². The van der Waals surface area contributed by atoms with Gasteiger partial charge in [-0.3, -0.25) is 9.20 Å². The summed E-state index contributed by atoms with van der Waals surface area (Å²) in [6, 6.07) is 6.97. The van der Waals surface area contributed by atoms with E-state index in [9.17, 15) is 13.6 Å². The van der Waals surface area contributed by atoms with Crippen molar-refractivity contribution in [3.63, 3.8) is 0 Å². The number of rotatable bonds is 6. The summed E-state index contributed by atoms with van der Waals surface area (Å²) in [5, 5.41) is 2.85. The van der Waals surface area contributed by atoms with Gasteiger partial charge in [0.2, 0.25) is 0 Å². The molecule has 0 saturated carbocycles. The Kier molecular flexibility index (Phi) is 5.36. The van der Waals surface area contributed by atoms with Gasteiger partial charge >= 0.3 is 0 Å². The van der Waals surface area contributed by atoms with E-state index in [1.54, 1.807) is 29.7 Å². The lowest BCUT2D eigenvalue weighted by atomic mass is 9.97. The number of halogens is 2. The molecule has 0 spiro atoms. The largest absolute Gasteiger partial charge is 0.485 e. The van der Waals surface area contributed by atoms with Crippen LogP contribution in [0.25, 0.3) is 5.65 Å². The molecule has 3 aromatic rings. The van der Waals surface area contributed by atoms with Crippen molar-refractivity contribution in [3.05, 3.63) is 72.0 Å². The second kappa shape index (κ2) is 7.58. The zero-order valence-corrected chi connectivity index (χ0v) is 16.1. The Hall–Kier alpha value is -2.96. The molecule has 1 radical (unpaired) electrons. The Morgan fingerprint density at radius 3 is 2.57 bits per heavy atom. The van der Waals surface area contributed by atoms with Crippen LogP contribution in [0.15, 0.2) is 36.5 Å². The van der Waals surface area contributed by atoms with Crippen LogP contribution in [0.2, 0.25) is 0 Å². The molecule has 1 N–H and O–H groups in total. The van der Waals surface area contributed by atoms with Crippen LogP contribution in [-0.4, -0.2) is 21.8 Å². The number of hydrogen-bond acceptors (Lipinski definition) is 3. The SMILES string of the molecule is [CH2]C(C)(C)CNC(=O)c1c(C)nc2c(OCc3c(F)cccc3F)cccn12.